The van der Waals surface area contributed by atoms with Gasteiger partial charge in [-0.25, -0.2) is 0 Å². The second-order valence-corrected chi connectivity index (χ2v) is 3.10. The summed E-state index contributed by atoms with van der Waals surface area (Å²) < 4.78 is 0. The van der Waals surface area contributed by atoms with Crippen molar-refractivity contribution in [2.75, 3.05) is 13.2 Å². The third-order valence-corrected chi connectivity index (χ3v) is 1.86. The van der Waals surface area contributed by atoms with E-state index in [1.54, 1.807) is 12.3 Å². The van der Waals surface area contributed by atoms with Gasteiger partial charge in [0, 0.05) is 17.9 Å². The van der Waals surface area contributed by atoms with Gasteiger partial charge in [-0.15, -0.1) is 0 Å². The van der Waals surface area contributed by atoms with Crippen LogP contribution < -0.4 is 5.32 Å². The molecule has 0 unspecified atom stereocenters. The van der Waals surface area contributed by atoms with Crippen molar-refractivity contribution in [3.8, 4) is 0 Å². The fourth-order valence-corrected chi connectivity index (χ4v) is 1.14. The number of hydrogen-bond acceptors (Lipinski definition) is 4. The molecule has 0 spiro atoms. The van der Waals surface area contributed by atoms with E-state index in [0.717, 1.165) is 24.2 Å². The first-order chi connectivity index (χ1) is 6.72. The highest BCUT2D eigenvalue weighted by molar-refractivity contribution is 6.36. The highest BCUT2D eigenvalue weighted by atomic mass is 16.3. The predicted octanol–water partition coefficient (Wildman–Crippen LogP) is 0.850. The van der Waals surface area contributed by atoms with Crippen LogP contribution in [-0.4, -0.2) is 30.2 Å². The van der Waals surface area contributed by atoms with Crippen molar-refractivity contribution in [1.82, 2.24) is 5.32 Å². The van der Waals surface area contributed by atoms with Crippen molar-refractivity contribution in [2.45, 2.75) is 12.8 Å². The van der Waals surface area contributed by atoms with Crippen LogP contribution in [0.3, 0.4) is 0 Å². The Hall–Kier alpha value is -1.42. The zero-order valence-corrected chi connectivity index (χ0v) is 8.08. The molecule has 14 heavy (non-hydrogen) atoms. The van der Waals surface area contributed by atoms with Crippen LogP contribution in [-0.2, 0) is 0 Å². The lowest BCUT2D eigenvalue weighted by Gasteiger charge is -2.06. The van der Waals surface area contributed by atoms with Crippen molar-refractivity contribution in [1.29, 1.82) is 5.41 Å². The molecule has 0 saturated carbocycles. The van der Waals surface area contributed by atoms with Crippen LogP contribution >= 0.6 is 0 Å². The van der Waals surface area contributed by atoms with E-state index in [2.05, 4.69) is 16.9 Å². The van der Waals surface area contributed by atoms with E-state index in [-0.39, 0.29) is 6.61 Å². The van der Waals surface area contributed by atoms with Gasteiger partial charge >= 0.3 is 0 Å². The molecule has 0 aromatic carbocycles. The fourth-order valence-electron chi connectivity index (χ4n) is 1.14. The first kappa shape index (κ1) is 10.7. The Kier molecular flexibility index (Phi) is 4.07. The van der Waals surface area contributed by atoms with Gasteiger partial charge in [-0.1, -0.05) is 6.58 Å². The number of allylic oxidation sites excluding steroid dienone is 3. The first-order valence-electron chi connectivity index (χ1n) is 4.58. The molecule has 1 heterocycles. The summed E-state index contributed by atoms with van der Waals surface area (Å²) in [5.74, 6) is 0. The summed E-state index contributed by atoms with van der Waals surface area (Å²) >= 11 is 0. The molecule has 0 saturated heterocycles. The minimum Gasteiger partial charge on any atom is -0.395 e. The molecule has 1 rings (SSSR count). The van der Waals surface area contributed by atoms with E-state index in [4.69, 9.17) is 10.5 Å². The molecule has 0 bridgehead atoms. The minimum atomic E-state index is 0.116. The maximum absolute atomic E-state index is 8.56. The van der Waals surface area contributed by atoms with Gasteiger partial charge in [0.2, 0.25) is 0 Å². The zero-order valence-electron chi connectivity index (χ0n) is 8.08. The van der Waals surface area contributed by atoms with Crippen molar-refractivity contribution in [3.05, 3.63) is 24.0 Å². The van der Waals surface area contributed by atoms with Crippen molar-refractivity contribution < 1.29 is 5.11 Å². The molecule has 0 aromatic heterocycles. The molecule has 1 aliphatic heterocycles. The number of aliphatic hydroxyl groups is 1. The molecule has 0 aliphatic carbocycles. The maximum atomic E-state index is 8.56. The van der Waals surface area contributed by atoms with Crippen LogP contribution in [0.1, 0.15) is 12.8 Å². The molecular formula is C10H15N3O. The Bertz CT molecular complexity index is 292. The molecule has 0 atom stereocenters. The standard InChI is InChI=1S/C10H15N3O/c1-8(12-4-5-14)2-3-10-6-9(11)7-13-10/h6-7,11-12,14H,1-5H2. The van der Waals surface area contributed by atoms with E-state index in [1.807, 2.05) is 0 Å². The Morgan fingerprint density at radius 3 is 3.00 bits per heavy atom. The van der Waals surface area contributed by atoms with E-state index >= 15 is 0 Å². The van der Waals surface area contributed by atoms with Crippen LogP contribution in [0.4, 0.5) is 0 Å². The molecule has 0 aromatic rings. The molecule has 1 aliphatic rings. The summed E-state index contributed by atoms with van der Waals surface area (Å²) in [5, 5.41) is 18.8. The Balaban J connectivity index is 2.21. The van der Waals surface area contributed by atoms with Gasteiger partial charge in [-0.3, -0.25) is 10.4 Å². The third kappa shape index (κ3) is 3.53. The van der Waals surface area contributed by atoms with Gasteiger partial charge in [0.1, 0.15) is 0 Å². The van der Waals surface area contributed by atoms with Crippen LogP contribution in [0.15, 0.2) is 29.0 Å². The van der Waals surface area contributed by atoms with Gasteiger partial charge in [-0.2, -0.15) is 0 Å². The minimum absolute atomic E-state index is 0.116. The monoisotopic (exact) mass is 193 g/mol. The molecule has 0 amide bonds. The highest BCUT2D eigenvalue weighted by Gasteiger charge is 2.03. The first-order valence-corrected chi connectivity index (χ1v) is 4.58. The Morgan fingerprint density at radius 2 is 2.43 bits per heavy atom. The van der Waals surface area contributed by atoms with Gasteiger partial charge in [0.25, 0.3) is 0 Å². The smallest absolute Gasteiger partial charge is 0.0740 e. The van der Waals surface area contributed by atoms with Crippen LogP contribution in [0.25, 0.3) is 0 Å². The van der Waals surface area contributed by atoms with Gasteiger partial charge in [0.15, 0.2) is 0 Å². The number of hydrogen-bond donors (Lipinski definition) is 3. The average molecular weight is 193 g/mol. The average Bonchev–Trinajstić information content (AvgIpc) is 2.58. The zero-order chi connectivity index (χ0) is 10.4. The summed E-state index contributed by atoms with van der Waals surface area (Å²) in [6.45, 7) is 4.47. The fraction of sp³-hybridized carbons (Fsp3) is 0.400. The Morgan fingerprint density at radius 1 is 1.64 bits per heavy atom. The lowest BCUT2D eigenvalue weighted by atomic mass is 10.2. The summed E-state index contributed by atoms with van der Waals surface area (Å²) in [7, 11) is 0. The number of nitrogens with one attached hydrogen (secondary N) is 2. The summed E-state index contributed by atoms with van der Waals surface area (Å²) in [5.41, 5.74) is 2.27. The number of aliphatic hydroxyl groups excluding tert-OH is 1. The van der Waals surface area contributed by atoms with Crippen molar-refractivity contribution >= 4 is 11.9 Å². The van der Waals surface area contributed by atoms with E-state index in [9.17, 15) is 0 Å². The molecule has 0 radical (unpaired) electrons. The molecule has 0 fully saturated rings. The van der Waals surface area contributed by atoms with Crippen LogP contribution in [0.5, 0.6) is 0 Å². The lowest BCUT2D eigenvalue weighted by molar-refractivity contribution is 0.296. The topological polar surface area (TPSA) is 68.5 Å². The molecule has 76 valence electrons. The second-order valence-electron chi connectivity index (χ2n) is 3.10. The molecular weight excluding hydrogens is 178 g/mol. The lowest BCUT2D eigenvalue weighted by Crippen LogP contribution is -2.16. The number of nitrogens with zero attached hydrogens (tertiary/aromatic N) is 1. The molecule has 4 heteroatoms. The van der Waals surface area contributed by atoms with Gasteiger partial charge in [0.05, 0.1) is 18.5 Å². The normalized spacial score (nSPS) is 14.4. The van der Waals surface area contributed by atoms with Crippen molar-refractivity contribution in [3.63, 3.8) is 0 Å². The summed E-state index contributed by atoms with van der Waals surface area (Å²) in [4.78, 5) is 4.06. The van der Waals surface area contributed by atoms with E-state index < -0.39 is 0 Å². The SMILES string of the molecule is C=C(CCC1=CC(=N)C=N1)NCCO. The summed E-state index contributed by atoms with van der Waals surface area (Å²) in [6.07, 6.45) is 4.87. The predicted molar refractivity (Wildman–Crippen MR) is 57.8 cm³/mol. The third-order valence-electron chi connectivity index (χ3n) is 1.86. The van der Waals surface area contributed by atoms with Gasteiger partial charge < -0.3 is 10.4 Å². The second kappa shape index (κ2) is 5.34. The number of rotatable bonds is 6. The summed E-state index contributed by atoms with van der Waals surface area (Å²) in [6, 6.07) is 0. The number of aliphatic imine (C=N–C) groups is 1. The highest BCUT2D eigenvalue weighted by Crippen LogP contribution is 2.12. The van der Waals surface area contributed by atoms with E-state index in [0.29, 0.717) is 12.3 Å². The van der Waals surface area contributed by atoms with Crippen molar-refractivity contribution in [2.24, 2.45) is 4.99 Å². The van der Waals surface area contributed by atoms with Crippen LogP contribution in [0, 0.1) is 5.41 Å². The maximum Gasteiger partial charge on any atom is 0.0740 e. The van der Waals surface area contributed by atoms with Crippen LogP contribution in [0.2, 0.25) is 0 Å². The Labute approximate surface area is 83.6 Å². The molecule has 3 N–H and O–H groups in total. The quantitative estimate of drug-likeness (QED) is 0.585. The van der Waals surface area contributed by atoms with Gasteiger partial charge in [-0.05, 0) is 18.9 Å². The van der Waals surface area contributed by atoms with E-state index in [1.165, 1.54) is 0 Å². The molecule has 4 nitrogen and oxygen atoms in total. The largest absolute Gasteiger partial charge is 0.395 e.